The number of nitrogens with zero attached hydrogens (tertiary/aromatic N) is 9. The fourth-order valence-electron chi connectivity index (χ4n) is 18.2. The Morgan fingerprint density at radius 1 is 0.162 bits per heavy atom. The lowest BCUT2D eigenvalue weighted by atomic mass is 9.93. The van der Waals surface area contributed by atoms with Gasteiger partial charge in [0.1, 0.15) is 11.6 Å². The number of pyridine rings is 3. The molecule has 18 aromatic carbocycles. The van der Waals surface area contributed by atoms with Gasteiger partial charge in [-0.2, -0.15) is 9.97 Å². The van der Waals surface area contributed by atoms with Gasteiger partial charge in [0.25, 0.3) is 0 Å². The molecule has 0 unspecified atom stereocenters. The number of para-hydroxylation sites is 3. The molecule has 0 fully saturated rings. The van der Waals surface area contributed by atoms with Crippen LogP contribution in [0.25, 0.3) is 225 Å². The summed E-state index contributed by atoms with van der Waals surface area (Å²) >= 11 is 0. The number of benzene rings is 18. The Labute approximate surface area is 671 Å². The van der Waals surface area contributed by atoms with Crippen molar-refractivity contribution in [1.29, 1.82) is 0 Å². The molecule has 0 radical (unpaired) electrons. The van der Waals surface area contributed by atoms with Gasteiger partial charge in [-0.05, 0) is 188 Å². The van der Waals surface area contributed by atoms with E-state index < -0.39 is 0 Å². The van der Waals surface area contributed by atoms with Crippen LogP contribution < -0.4 is 0 Å². The van der Waals surface area contributed by atoms with Crippen LogP contribution in [-0.4, -0.2) is 43.6 Å². The quantitative estimate of drug-likeness (QED) is 0.148. The zero-order valence-electron chi connectivity index (χ0n) is 63.2. The Kier molecular flexibility index (Phi) is 15.7. The summed E-state index contributed by atoms with van der Waals surface area (Å²) in [7, 11) is 0. The topological polar surface area (TPSA) is 92.1 Å². The molecule has 0 atom stereocenters. The molecular formula is C108H67N9. The van der Waals surface area contributed by atoms with Crippen LogP contribution in [0.15, 0.2) is 407 Å². The van der Waals surface area contributed by atoms with Crippen molar-refractivity contribution in [3.63, 3.8) is 0 Å². The second kappa shape index (κ2) is 27.5. The minimum atomic E-state index is 0.600. The summed E-state index contributed by atoms with van der Waals surface area (Å²) in [6, 6.07) is 140. The van der Waals surface area contributed by atoms with Crippen LogP contribution in [0.1, 0.15) is 0 Å². The van der Waals surface area contributed by atoms with Gasteiger partial charge in [-0.15, -0.1) is 0 Å². The van der Waals surface area contributed by atoms with Gasteiger partial charge in [-0.25, -0.2) is 15.0 Å². The molecule has 7 heterocycles. The molecule has 0 N–H and O–H groups in total. The van der Waals surface area contributed by atoms with Gasteiger partial charge < -0.3 is 0 Å². The third-order valence-electron chi connectivity index (χ3n) is 23.5. The van der Waals surface area contributed by atoms with E-state index >= 15 is 0 Å². The molecule has 0 saturated heterocycles. The fraction of sp³-hybridized carbons (Fsp3) is 0. The SMILES string of the molecule is c1ccc(-c2ccc(-n3c4ccccc4c4cc5c6ccccc6c6ccccc6c5cc43)nc2)nc1.c1ccc(-c2cccc(-n3c4ccccc4c4cc5c6ccccc6c6ccccc6c5cc43)n2)cc1.c1ccc(-c2nc(-c3ccccc3)nc(-n3c4ccccc4c4cc5c6ccccc6c6ccccc6c5cc43)n2)cc1. The minimum Gasteiger partial charge on any atom is -0.294 e. The first-order valence-electron chi connectivity index (χ1n) is 39.6. The number of aromatic nitrogens is 9. The molecule has 117 heavy (non-hydrogen) atoms. The number of fused-ring (bicyclic) bond motifs is 27. The first kappa shape index (κ1) is 66.9. The van der Waals surface area contributed by atoms with Crippen molar-refractivity contribution in [2.24, 2.45) is 0 Å². The standard InChI is InChI=1S/C39H24N4.C35H22N2.C34H21N3/c1-3-13-25(14-4-1)37-40-38(26-15-5-2-6-16-26)42-39(41-37)43-35-22-12-11-21-31(35)34-23-32-29-19-9-7-17-27(29)28-18-8-10-20-30(28)33(32)24-36(34)43;1-2-11-23(12-3-1)32-18-10-20-35(36-32)37-33-19-9-8-17-28(33)31-21-29-26-15-6-4-13-24(26)25-14-5-7-16-27(25)30(29)22-34(31)37;1-3-11-25-23(9-1)24-10-2-4-12-26(24)29-20-33-30(19-28(25)29)27-13-5-6-15-32(27)37(33)34-17-16-22(21-36-34)31-14-7-8-18-35-31/h1-24H;1-22H;1-21H. The Hall–Kier alpha value is -15.8. The second-order valence-corrected chi connectivity index (χ2v) is 30.0. The van der Waals surface area contributed by atoms with Crippen LogP contribution in [0.4, 0.5) is 0 Å². The highest BCUT2D eigenvalue weighted by Crippen LogP contribution is 2.46. The lowest BCUT2D eigenvalue weighted by Gasteiger charge is -2.13. The van der Waals surface area contributed by atoms with Crippen molar-refractivity contribution in [3.8, 4) is 62.9 Å². The van der Waals surface area contributed by atoms with Crippen molar-refractivity contribution in [1.82, 2.24) is 43.6 Å². The molecule has 0 saturated carbocycles. The number of hydrogen-bond acceptors (Lipinski definition) is 6. The van der Waals surface area contributed by atoms with Gasteiger partial charge in [0, 0.05) is 67.0 Å². The van der Waals surface area contributed by atoms with E-state index in [4.69, 9.17) is 24.9 Å². The molecular weight excluding hydrogens is 1420 g/mol. The summed E-state index contributed by atoms with van der Waals surface area (Å²) in [4.78, 5) is 29.7. The Morgan fingerprint density at radius 2 is 0.479 bits per heavy atom. The molecule has 25 aromatic rings. The normalized spacial score (nSPS) is 11.8. The Morgan fingerprint density at radius 3 is 0.855 bits per heavy atom. The Bertz CT molecular complexity index is 8250. The van der Waals surface area contributed by atoms with Gasteiger partial charge in [0.2, 0.25) is 5.95 Å². The summed E-state index contributed by atoms with van der Waals surface area (Å²) in [5, 5.41) is 30.2. The molecule has 0 bridgehead atoms. The zero-order chi connectivity index (χ0) is 77.0. The summed E-state index contributed by atoms with van der Waals surface area (Å²) in [5.74, 6) is 3.72. The first-order valence-corrected chi connectivity index (χ1v) is 39.6. The third-order valence-corrected chi connectivity index (χ3v) is 23.5. The molecule has 25 rings (SSSR count). The van der Waals surface area contributed by atoms with Gasteiger partial charge in [0.15, 0.2) is 11.6 Å². The van der Waals surface area contributed by atoms with Crippen molar-refractivity contribution in [2.75, 3.05) is 0 Å². The van der Waals surface area contributed by atoms with Crippen LogP contribution >= 0.6 is 0 Å². The van der Waals surface area contributed by atoms with Crippen LogP contribution in [-0.2, 0) is 0 Å². The second-order valence-electron chi connectivity index (χ2n) is 30.0. The summed E-state index contributed by atoms with van der Waals surface area (Å²) in [6.07, 6.45) is 3.73. The van der Waals surface area contributed by atoms with Crippen LogP contribution in [0, 0.1) is 0 Å². The van der Waals surface area contributed by atoms with Crippen molar-refractivity contribution in [3.05, 3.63) is 407 Å². The molecule has 7 aromatic heterocycles. The first-order chi connectivity index (χ1) is 58.1. The Balaban J connectivity index is 0.000000104. The smallest absolute Gasteiger partial charge is 0.238 e. The molecule has 0 aliphatic rings. The molecule has 0 aliphatic heterocycles. The third kappa shape index (κ3) is 11.1. The maximum Gasteiger partial charge on any atom is 0.238 e. The molecule has 9 nitrogen and oxygen atoms in total. The maximum atomic E-state index is 5.14. The summed E-state index contributed by atoms with van der Waals surface area (Å²) in [5.41, 5.74) is 12.7. The number of rotatable bonds is 7. The van der Waals surface area contributed by atoms with Crippen molar-refractivity contribution < 1.29 is 0 Å². The monoisotopic (exact) mass is 1490 g/mol. The minimum absolute atomic E-state index is 0.600. The van der Waals surface area contributed by atoms with Gasteiger partial charge in [-0.1, -0.05) is 303 Å². The average Bonchev–Trinajstić information content (AvgIpc) is 1.71. The van der Waals surface area contributed by atoms with Crippen molar-refractivity contribution in [2.45, 2.75) is 0 Å². The highest BCUT2D eigenvalue weighted by molar-refractivity contribution is 6.32. The van der Waals surface area contributed by atoms with Gasteiger partial charge >= 0.3 is 0 Å². The molecule has 9 heteroatoms. The summed E-state index contributed by atoms with van der Waals surface area (Å²) in [6.45, 7) is 0. The van der Waals surface area contributed by atoms with Gasteiger partial charge in [0.05, 0.1) is 44.5 Å². The highest BCUT2D eigenvalue weighted by atomic mass is 15.2. The fourth-order valence-corrected chi connectivity index (χ4v) is 18.2. The van der Waals surface area contributed by atoms with Crippen LogP contribution in [0.5, 0.6) is 0 Å². The van der Waals surface area contributed by atoms with Crippen molar-refractivity contribution >= 4 is 162 Å². The summed E-state index contributed by atoms with van der Waals surface area (Å²) < 4.78 is 6.81. The van der Waals surface area contributed by atoms with E-state index in [1.165, 1.54) is 140 Å². The number of hydrogen-bond donors (Lipinski definition) is 0. The van der Waals surface area contributed by atoms with E-state index in [1.54, 1.807) is 0 Å². The van der Waals surface area contributed by atoms with Crippen LogP contribution in [0.2, 0.25) is 0 Å². The van der Waals surface area contributed by atoms with Gasteiger partial charge in [-0.3, -0.25) is 18.7 Å². The van der Waals surface area contributed by atoms with E-state index in [0.717, 1.165) is 67.3 Å². The van der Waals surface area contributed by atoms with E-state index in [1.807, 2.05) is 97.3 Å². The van der Waals surface area contributed by atoms with E-state index in [-0.39, 0.29) is 0 Å². The lowest BCUT2D eigenvalue weighted by Crippen LogP contribution is -2.06. The van der Waals surface area contributed by atoms with Crippen LogP contribution in [0.3, 0.4) is 0 Å². The predicted molar refractivity (Wildman–Crippen MR) is 488 cm³/mol. The molecule has 544 valence electrons. The molecule has 0 amide bonds. The maximum absolute atomic E-state index is 5.14. The molecule has 0 spiro atoms. The highest BCUT2D eigenvalue weighted by Gasteiger charge is 2.24. The van der Waals surface area contributed by atoms with E-state index in [9.17, 15) is 0 Å². The largest absolute Gasteiger partial charge is 0.294 e. The lowest BCUT2D eigenvalue weighted by molar-refractivity contribution is 0.954. The average molecular weight is 1490 g/mol. The molecule has 0 aliphatic carbocycles. The van der Waals surface area contributed by atoms with E-state index in [2.05, 4.69) is 328 Å². The predicted octanol–water partition coefficient (Wildman–Crippen LogP) is 27.8. The zero-order valence-corrected chi connectivity index (χ0v) is 63.2. The van der Waals surface area contributed by atoms with E-state index in [0.29, 0.717) is 17.6 Å².